The van der Waals surface area contributed by atoms with Gasteiger partial charge in [-0.05, 0) is 64.0 Å². The van der Waals surface area contributed by atoms with Crippen molar-refractivity contribution in [1.82, 2.24) is 20.5 Å². The van der Waals surface area contributed by atoms with Crippen molar-refractivity contribution in [2.24, 2.45) is 5.41 Å². The lowest BCUT2D eigenvalue weighted by molar-refractivity contribution is -0.155. The second-order valence-corrected chi connectivity index (χ2v) is 15.9. The van der Waals surface area contributed by atoms with Gasteiger partial charge in [0.2, 0.25) is 17.7 Å². The van der Waals surface area contributed by atoms with Gasteiger partial charge in [-0.2, -0.15) is 0 Å². The van der Waals surface area contributed by atoms with Crippen molar-refractivity contribution in [3.8, 4) is 10.4 Å². The molecular formula is C37H56N4O6S. The summed E-state index contributed by atoms with van der Waals surface area (Å²) in [7, 11) is 0. The molecule has 0 bridgehead atoms. The highest BCUT2D eigenvalue weighted by atomic mass is 32.1. The molecule has 10 nitrogen and oxygen atoms in total. The van der Waals surface area contributed by atoms with Crippen LogP contribution in [0, 0.1) is 12.3 Å². The fourth-order valence-electron chi connectivity index (χ4n) is 5.90. The summed E-state index contributed by atoms with van der Waals surface area (Å²) >= 11 is 1.58. The molecule has 0 aliphatic carbocycles. The summed E-state index contributed by atoms with van der Waals surface area (Å²) in [5, 5.41) is 16.5. The van der Waals surface area contributed by atoms with E-state index in [0.29, 0.717) is 19.3 Å². The van der Waals surface area contributed by atoms with E-state index >= 15 is 0 Å². The van der Waals surface area contributed by atoms with Crippen molar-refractivity contribution >= 4 is 35.0 Å². The highest BCUT2D eigenvalue weighted by molar-refractivity contribution is 7.13. The number of likely N-dealkylation sites (tertiary alicyclic amines) is 1. The number of carbonyl (C=O) groups excluding carboxylic acids is 4. The monoisotopic (exact) mass is 684 g/mol. The molecule has 0 spiro atoms. The molecule has 0 saturated carbocycles. The number of aromatic nitrogens is 1. The number of aliphatic hydroxyl groups excluding tert-OH is 1. The molecule has 1 aliphatic rings. The van der Waals surface area contributed by atoms with Gasteiger partial charge in [-0.3, -0.25) is 19.2 Å². The first kappa shape index (κ1) is 39.1. The van der Waals surface area contributed by atoms with Crippen molar-refractivity contribution < 1.29 is 29.0 Å². The number of rotatable bonds is 15. The average Bonchev–Trinajstić information content (AvgIpc) is 3.60. The van der Waals surface area contributed by atoms with Crippen LogP contribution in [0.1, 0.15) is 124 Å². The maximum Gasteiger partial charge on any atom is 0.306 e. The number of nitrogens with one attached hydrogen (secondary N) is 2. The first-order valence-electron chi connectivity index (χ1n) is 17.3. The zero-order valence-corrected chi connectivity index (χ0v) is 30.9. The fourth-order valence-corrected chi connectivity index (χ4v) is 6.71. The van der Waals surface area contributed by atoms with E-state index < -0.39 is 29.2 Å². The number of esters is 1. The third-order valence-electron chi connectivity index (χ3n) is 8.51. The van der Waals surface area contributed by atoms with Crippen LogP contribution in [0.2, 0.25) is 0 Å². The summed E-state index contributed by atoms with van der Waals surface area (Å²) in [4.78, 5) is 59.1. The SMILES string of the molecule is Cc1ncsc1-c1ccc([C@H](C)NC(=O)[C@@H]2C[C@@H](O)CN2C(=O)[C@H](NC(=O)CCCCCCCCC(=O)OC(C)(C)C)C(C)(C)C)cc1. The van der Waals surface area contributed by atoms with Crippen LogP contribution in [0.15, 0.2) is 29.8 Å². The number of hydrogen-bond acceptors (Lipinski definition) is 8. The van der Waals surface area contributed by atoms with Gasteiger partial charge < -0.3 is 25.4 Å². The third-order valence-corrected chi connectivity index (χ3v) is 9.49. The van der Waals surface area contributed by atoms with Gasteiger partial charge in [-0.25, -0.2) is 4.98 Å². The summed E-state index contributed by atoms with van der Waals surface area (Å²) in [5.41, 5.74) is 3.71. The first-order valence-corrected chi connectivity index (χ1v) is 18.1. The standard InChI is InChI=1S/C37H56N4O6S/c1-24(26-17-19-27(20-18-26)32-25(2)38-23-48-32)39-34(45)29-21-28(42)22-41(29)35(46)33(36(3,4)5)40-30(43)15-13-11-9-10-12-14-16-31(44)47-37(6,7)8/h17-20,23-24,28-29,33,42H,9-16,21-22H2,1-8H3,(H,39,45)(H,40,43)/t24-,28+,29-,33-/m0/s1. The summed E-state index contributed by atoms with van der Waals surface area (Å²) in [6, 6.07) is 5.98. The number of thiazole rings is 1. The van der Waals surface area contributed by atoms with Crippen LogP contribution in [-0.4, -0.2) is 69.0 Å². The van der Waals surface area contributed by atoms with Gasteiger partial charge in [0.15, 0.2) is 0 Å². The van der Waals surface area contributed by atoms with Crippen molar-refractivity contribution in [2.45, 2.75) is 143 Å². The summed E-state index contributed by atoms with van der Waals surface area (Å²) in [6.45, 7) is 15.1. The minimum absolute atomic E-state index is 0.0323. The topological polar surface area (TPSA) is 138 Å². The fraction of sp³-hybridized carbons (Fsp3) is 0.649. The smallest absolute Gasteiger partial charge is 0.306 e. The molecule has 1 saturated heterocycles. The van der Waals surface area contributed by atoms with E-state index in [1.54, 1.807) is 11.3 Å². The average molecular weight is 685 g/mol. The number of amides is 3. The van der Waals surface area contributed by atoms with E-state index in [4.69, 9.17) is 4.74 Å². The summed E-state index contributed by atoms with van der Waals surface area (Å²) in [6.07, 6.45) is 5.24. The molecule has 0 unspecified atom stereocenters. The van der Waals surface area contributed by atoms with Crippen molar-refractivity contribution in [1.29, 1.82) is 0 Å². The van der Waals surface area contributed by atoms with E-state index in [2.05, 4.69) is 15.6 Å². The van der Waals surface area contributed by atoms with Crippen LogP contribution < -0.4 is 10.6 Å². The van der Waals surface area contributed by atoms with Crippen molar-refractivity contribution in [2.75, 3.05) is 6.54 Å². The Morgan fingerprint density at radius 3 is 2.12 bits per heavy atom. The number of benzene rings is 1. The van der Waals surface area contributed by atoms with E-state index in [1.165, 1.54) is 4.90 Å². The molecule has 11 heteroatoms. The molecule has 2 heterocycles. The van der Waals surface area contributed by atoms with E-state index in [9.17, 15) is 24.3 Å². The first-order chi connectivity index (χ1) is 22.5. The Balaban J connectivity index is 1.50. The molecule has 3 amide bonds. The Hall–Kier alpha value is -3.31. The van der Waals surface area contributed by atoms with Crippen molar-refractivity contribution in [3.05, 3.63) is 41.0 Å². The molecule has 1 aromatic heterocycles. The van der Waals surface area contributed by atoms with Gasteiger partial charge in [0.1, 0.15) is 17.7 Å². The summed E-state index contributed by atoms with van der Waals surface area (Å²) in [5.74, 6) is -1.08. The number of aliphatic hydroxyl groups is 1. The second-order valence-electron chi connectivity index (χ2n) is 15.1. The lowest BCUT2D eigenvalue weighted by atomic mass is 9.85. The van der Waals surface area contributed by atoms with Gasteiger partial charge in [0, 0.05) is 25.8 Å². The Bertz CT molecular complexity index is 1380. The Morgan fingerprint density at radius 1 is 0.958 bits per heavy atom. The van der Waals surface area contributed by atoms with Gasteiger partial charge in [-0.1, -0.05) is 70.7 Å². The molecule has 1 fully saturated rings. The number of aryl methyl sites for hydroxylation is 1. The highest BCUT2D eigenvalue weighted by Gasteiger charge is 2.44. The Labute approximate surface area is 290 Å². The molecule has 48 heavy (non-hydrogen) atoms. The summed E-state index contributed by atoms with van der Waals surface area (Å²) < 4.78 is 5.34. The van der Waals surface area contributed by atoms with Gasteiger partial charge in [0.05, 0.1) is 28.2 Å². The van der Waals surface area contributed by atoms with Crippen LogP contribution in [0.5, 0.6) is 0 Å². The van der Waals surface area contributed by atoms with E-state index in [1.807, 2.05) is 85.2 Å². The highest BCUT2D eigenvalue weighted by Crippen LogP contribution is 2.29. The quantitative estimate of drug-likeness (QED) is 0.149. The molecular weight excluding hydrogens is 628 g/mol. The van der Waals surface area contributed by atoms with Crippen LogP contribution >= 0.6 is 11.3 Å². The largest absolute Gasteiger partial charge is 0.460 e. The number of hydrogen-bond donors (Lipinski definition) is 3. The van der Waals surface area contributed by atoms with Crippen LogP contribution in [0.25, 0.3) is 10.4 Å². The molecule has 3 N–H and O–H groups in total. The molecule has 2 aromatic rings. The normalized spacial score (nSPS) is 17.9. The number of ether oxygens (including phenoxy) is 1. The Kier molecular flexibility index (Phi) is 14.2. The van der Waals surface area contributed by atoms with E-state index in [0.717, 1.165) is 53.8 Å². The third kappa shape index (κ3) is 12.0. The molecule has 1 aliphatic heterocycles. The number of carbonyl (C=O) groups is 4. The Morgan fingerprint density at radius 2 is 1.56 bits per heavy atom. The second kappa shape index (κ2) is 17.4. The zero-order chi connectivity index (χ0) is 35.6. The molecule has 0 radical (unpaired) electrons. The zero-order valence-electron chi connectivity index (χ0n) is 30.1. The molecule has 266 valence electrons. The van der Waals surface area contributed by atoms with Crippen molar-refractivity contribution in [3.63, 3.8) is 0 Å². The predicted molar refractivity (Wildman–Crippen MR) is 189 cm³/mol. The van der Waals surface area contributed by atoms with Crippen LogP contribution in [-0.2, 0) is 23.9 Å². The van der Waals surface area contributed by atoms with Crippen LogP contribution in [0.4, 0.5) is 0 Å². The lowest BCUT2D eigenvalue weighted by Crippen LogP contribution is -2.57. The molecule has 4 atom stereocenters. The number of unbranched alkanes of at least 4 members (excludes halogenated alkanes) is 5. The van der Waals surface area contributed by atoms with E-state index in [-0.39, 0.29) is 42.7 Å². The number of β-amino-alcohol motifs (C(OH)–C–C–N with tert-alkyl or cyclic N) is 1. The minimum Gasteiger partial charge on any atom is -0.460 e. The minimum atomic E-state index is -0.848. The maximum absolute atomic E-state index is 13.9. The molecule has 1 aromatic carbocycles. The van der Waals surface area contributed by atoms with Crippen LogP contribution in [0.3, 0.4) is 0 Å². The van der Waals surface area contributed by atoms with Gasteiger partial charge in [-0.15, -0.1) is 11.3 Å². The number of nitrogens with zero attached hydrogens (tertiary/aromatic N) is 2. The lowest BCUT2D eigenvalue weighted by Gasteiger charge is -2.35. The van der Waals surface area contributed by atoms with Gasteiger partial charge in [0.25, 0.3) is 0 Å². The predicted octanol–water partition coefficient (Wildman–Crippen LogP) is 6.25. The maximum atomic E-state index is 13.9. The van der Waals surface area contributed by atoms with Gasteiger partial charge >= 0.3 is 5.97 Å². The molecule has 3 rings (SSSR count).